The van der Waals surface area contributed by atoms with E-state index in [1.807, 2.05) is 10.7 Å². The third kappa shape index (κ3) is 5.26. The summed E-state index contributed by atoms with van der Waals surface area (Å²) in [5.41, 5.74) is 0.647. The van der Waals surface area contributed by atoms with Gasteiger partial charge in [-0.2, -0.15) is 26.3 Å². The van der Waals surface area contributed by atoms with E-state index in [9.17, 15) is 31.1 Å². The topological polar surface area (TPSA) is 66.0 Å². The molecule has 2 rings (SSSR count). The maximum absolute atomic E-state index is 12.7. The summed E-state index contributed by atoms with van der Waals surface area (Å²) in [6, 6.07) is 4.37. The summed E-state index contributed by atoms with van der Waals surface area (Å²) in [5, 5.41) is 1.90. The molecule has 1 aromatic heterocycles. The van der Waals surface area contributed by atoms with Gasteiger partial charge in [0.1, 0.15) is 5.82 Å². The lowest BCUT2D eigenvalue weighted by molar-refractivity contribution is -0.143. The summed E-state index contributed by atoms with van der Waals surface area (Å²) < 4.78 is 76.4. The molecule has 25 heavy (non-hydrogen) atoms. The zero-order valence-electron chi connectivity index (χ0n) is 12.2. The lowest BCUT2D eigenvalue weighted by atomic mass is 10.1. The van der Waals surface area contributed by atoms with E-state index in [0.29, 0.717) is 12.1 Å². The molecule has 5 nitrogen and oxygen atoms in total. The Labute approximate surface area is 137 Å². The number of alkyl halides is 6. The highest BCUT2D eigenvalue weighted by Gasteiger charge is 2.37. The fourth-order valence-electron chi connectivity index (χ4n) is 1.75. The third-order valence-electron chi connectivity index (χ3n) is 2.81. The minimum atomic E-state index is -5.00. The second kappa shape index (κ2) is 6.87. The van der Waals surface area contributed by atoms with Gasteiger partial charge in [-0.1, -0.05) is 6.07 Å². The summed E-state index contributed by atoms with van der Waals surface area (Å²) in [7, 11) is 0. The van der Waals surface area contributed by atoms with Crippen molar-refractivity contribution in [2.24, 2.45) is 0 Å². The van der Waals surface area contributed by atoms with Crippen LogP contribution >= 0.6 is 0 Å². The Hall–Kier alpha value is -2.98. The van der Waals surface area contributed by atoms with Crippen molar-refractivity contribution in [1.29, 1.82) is 0 Å². The highest BCUT2D eigenvalue weighted by atomic mass is 19.4. The number of rotatable bonds is 3. The molecule has 2 aromatic rings. The molecule has 2 amide bonds. The molecule has 0 bridgehead atoms. The molecule has 0 aliphatic heterocycles. The van der Waals surface area contributed by atoms with Crippen LogP contribution in [-0.4, -0.2) is 11.0 Å². The first-order valence-corrected chi connectivity index (χ1v) is 6.59. The van der Waals surface area contributed by atoms with Gasteiger partial charge >= 0.3 is 18.4 Å². The molecule has 0 radical (unpaired) electrons. The van der Waals surface area contributed by atoms with Crippen LogP contribution in [0.25, 0.3) is 0 Å². The number of aromatic nitrogens is 1. The first-order valence-electron chi connectivity index (χ1n) is 6.59. The highest BCUT2D eigenvalue weighted by Crippen LogP contribution is 2.37. The summed E-state index contributed by atoms with van der Waals surface area (Å²) in [4.78, 5) is 15.4. The monoisotopic (exact) mass is 364 g/mol. The van der Waals surface area contributed by atoms with Gasteiger partial charge in [0.25, 0.3) is 0 Å². The molecule has 3 N–H and O–H groups in total. The lowest BCUT2D eigenvalue weighted by Crippen LogP contribution is -2.34. The molecule has 1 heterocycles. The number of nitrogens with one attached hydrogen (secondary N) is 3. The number of hydrogen-bond acceptors (Lipinski definition) is 3. The number of pyridine rings is 1. The molecule has 0 saturated heterocycles. The van der Waals surface area contributed by atoms with Gasteiger partial charge in [-0.15, -0.1) is 0 Å². The van der Waals surface area contributed by atoms with Crippen molar-refractivity contribution in [2.45, 2.75) is 12.4 Å². The van der Waals surface area contributed by atoms with Gasteiger partial charge < -0.3 is 5.32 Å². The molecule has 0 fully saturated rings. The molecule has 0 unspecified atom stereocenters. The zero-order valence-corrected chi connectivity index (χ0v) is 12.2. The van der Waals surface area contributed by atoms with Crippen LogP contribution in [0.15, 0.2) is 42.6 Å². The minimum Gasteiger partial charge on any atom is -0.307 e. The number of carbonyl (C=O) groups is 1. The largest absolute Gasteiger partial charge is 0.416 e. The Morgan fingerprint density at radius 3 is 2.00 bits per heavy atom. The van der Waals surface area contributed by atoms with E-state index in [4.69, 9.17) is 0 Å². The van der Waals surface area contributed by atoms with Crippen molar-refractivity contribution < 1.29 is 31.1 Å². The van der Waals surface area contributed by atoms with Crippen LogP contribution < -0.4 is 16.2 Å². The van der Waals surface area contributed by atoms with Crippen molar-refractivity contribution in [3.8, 4) is 0 Å². The van der Waals surface area contributed by atoms with Crippen molar-refractivity contribution in [2.75, 3.05) is 10.7 Å². The summed E-state index contributed by atoms with van der Waals surface area (Å²) in [5.74, 6) is 0.220. The van der Waals surface area contributed by atoms with Crippen LogP contribution in [0.1, 0.15) is 11.1 Å². The Kier molecular flexibility index (Phi) is 5.04. The maximum Gasteiger partial charge on any atom is 0.416 e. The van der Waals surface area contributed by atoms with Crippen LogP contribution in [0.3, 0.4) is 0 Å². The minimum absolute atomic E-state index is 0.0325. The van der Waals surface area contributed by atoms with Crippen LogP contribution in [0.4, 0.5) is 42.6 Å². The molecule has 134 valence electrons. The molecule has 11 heteroatoms. The number of carbonyl (C=O) groups excluding carboxylic acids is 1. The molecule has 0 aliphatic carbocycles. The van der Waals surface area contributed by atoms with Gasteiger partial charge in [-0.05, 0) is 30.3 Å². The van der Waals surface area contributed by atoms with Crippen molar-refractivity contribution in [3.63, 3.8) is 0 Å². The summed E-state index contributed by atoms with van der Waals surface area (Å²) in [6.07, 6.45) is -8.59. The fourth-order valence-corrected chi connectivity index (χ4v) is 1.75. The standard InChI is InChI=1S/C14H10F6N4O/c15-13(16,17)8-5-9(14(18,19)20)7-10(6-8)22-12(25)24-23-11-3-1-2-4-21-11/h1-7H,(H,21,23)(H2,22,24,25). The molecule has 0 saturated carbocycles. The van der Waals surface area contributed by atoms with E-state index in [2.05, 4.69) is 10.4 Å². The average Bonchev–Trinajstić information content (AvgIpc) is 2.52. The van der Waals surface area contributed by atoms with Gasteiger partial charge in [0.15, 0.2) is 0 Å². The van der Waals surface area contributed by atoms with Crippen LogP contribution in [0.2, 0.25) is 0 Å². The van der Waals surface area contributed by atoms with E-state index in [1.165, 1.54) is 12.3 Å². The van der Waals surface area contributed by atoms with Crippen molar-refractivity contribution >= 4 is 17.5 Å². The number of urea groups is 1. The quantitative estimate of drug-likeness (QED) is 0.563. The number of halogens is 6. The number of nitrogens with zero attached hydrogens (tertiary/aromatic N) is 1. The molecular formula is C14H10F6N4O. The highest BCUT2D eigenvalue weighted by molar-refractivity contribution is 5.90. The van der Waals surface area contributed by atoms with E-state index in [0.717, 1.165) is 0 Å². The SMILES string of the molecule is O=C(NNc1ccccn1)Nc1cc(C(F)(F)F)cc(C(F)(F)F)c1. The van der Waals surface area contributed by atoms with E-state index in [-0.39, 0.29) is 11.9 Å². The number of amides is 2. The van der Waals surface area contributed by atoms with Crippen LogP contribution in [0.5, 0.6) is 0 Å². The van der Waals surface area contributed by atoms with Gasteiger partial charge in [-0.25, -0.2) is 9.78 Å². The summed E-state index contributed by atoms with van der Waals surface area (Å²) >= 11 is 0. The lowest BCUT2D eigenvalue weighted by Gasteiger charge is -2.15. The van der Waals surface area contributed by atoms with Gasteiger partial charge in [0.2, 0.25) is 0 Å². The van der Waals surface area contributed by atoms with Crippen LogP contribution in [0, 0.1) is 0 Å². The van der Waals surface area contributed by atoms with Crippen LogP contribution in [-0.2, 0) is 12.4 Å². The van der Waals surface area contributed by atoms with Crippen molar-refractivity contribution in [1.82, 2.24) is 10.4 Å². The molecular weight excluding hydrogens is 354 g/mol. The van der Waals surface area contributed by atoms with E-state index >= 15 is 0 Å². The predicted octanol–water partition coefficient (Wildman–Crippen LogP) is 4.27. The predicted molar refractivity (Wildman–Crippen MR) is 76.5 cm³/mol. The van der Waals surface area contributed by atoms with Crippen molar-refractivity contribution in [3.05, 3.63) is 53.7 Å². The number of hydrazine groups is 1. The fraction of sp³-hybridized carbons (Fsp3) is 0.143. The number of hydrogen-bond donors (Lipinski definition) is 3. The van der Waals surface area contributed by atoms with Gasteiger partial charge in [-0.3, -0.25) is 10.9 Å². The Balaban J connectivity index is 2.16. The summed E-state index contributed by atoms with van der Waals surface area (Å²) in [6.45, 7) is 0. The van der Waals surface area contributed by atoms with Gasteiger partial charge in [0.05, 0.1) is 11.1 Å². The molecule has 1 aromatic carbocycles. The molecule has 0 atom stereocenters. The normalized spacial score (nSPS) is 11.8. The Morgan fingerprint density at radius 2 is 1.52 bits per heavy atom. The first kappa shape index (κ1) is 18.4. The maximum atomic E-state index is 12.7. The first-order chi connectivity index (χ1) is 11.6. The number of benzene rings is 1. The Bertz CT molecular complexity index is 713. The molecule has 0 spiro atoms. The average molecular weight is 364 g/mol. The Morgan fingerprint density at radius 1 is 0.920 bits per heavy atom. The van der Waals surface area contributed by atoms with Gasteiger partial charge in [0, 0.05) is 11.9 Å². The second-order valence-corrected chi connectivity index (χ2v) is 4.71. The van der Waals surface area contributed by atoms with E-state index < -0.39 is 35.2 Å². The zero-order chi connectivity index (χ0) is 18.7. The molecule has 0 aliphatic rings. The smallest absolute Gasteiger partial charge is 0.307 e. The second-order valence-electron chi connectivity index (χ2n) is 4.71. The third-order valence-corrected chi connectivity index (χ3v) is 2.81. The van der Waals surface area contributed by atoms with E-state index in [1.54, 1.807) is 12.1 Å². The number of anilines is 2.